The van der Waals surface area contributed by atoms with Crippen LogP contribution in [0, 0.1) is 17.2 Å². The first-order chi connectivity index (χ1) is 15.2. The van der Waals surface area contributed by atoms with Crippen LogP contribution in [0.5, 0.6) is 5.75 Å². The molecule has 4 rings (SSSR count). The number of likely N-dealkylation sites (tertiary alicyclic amines) is 1. The molecule has 5 nitrogen and oxygen atoms in total. The maximum Gasteiger partial charge on any atom is 0.232 e. The Balaban J connectivity index is 1.34. The van der Waals surface area contributed by atoms with Crippen molar-refractivity contribution >= 4 is 28.6 Å². The second kappa shape index (κ2) is 9.84. The number of aromatic nitrogens is 1. The molecule has 31 heavy (non-hydrogen) atoms. The highest BCUT2D eigenvalue weighted by Crippen LogP contribution is 2.28. The molecule has 0 aliphatic carbocycles. The van der Waals surface area contributed by atoms with Crippen LogP contribution in [0.1, 0.15) is 24.0 Å². The van der Waals surface area contributed by atoms with Gasteiger partial charge in [-0.25, -0.2) is 4.98 Å². The molecule has 2 heterocycles. The molecular weight excluding hydrogens is 406 g/mol. The number of amides is 1. The van der Waals surface area contributed by atoms with Crippen LogP contribution in [0.25, 0.3) is 10.9 Å². The molecule has 158 valence electrons. The van der Waals surface area contributed by atoms with Gasteiger partial charge in [0.25, 0.3) is 0 Å². The number of methoxy groups -OCH3 is 1. The summed E-state index contributed by atoms with van der Waals surface area (Å²) < 4.78 is 5.25. The first-order valence-electron chi connectivity index (χ1n) is 10.5. The standard InChI is InChI=1S/C25H25N3O2S/c1-30-22-7-8-23-20(15-22)14-21(16-26)25(27-23)31-17-24(29)28-11-9-19(10-12-28)13-18-5-3-2-4-6-18/h2-8,14-15,19H,9-13,17H2,1H3. The molecule has 0 N–H and O–H groups in total. The van der Waals surface area contributed by atoms with Crippen LogP contribution in [0.2, 0.25) is 0 Å². The van der Waals surface area contributed by atoms with Crippen LogP contribution in [-0.2, 0) is 11.2 Å². The second-order valence-corrected chi connectivity index (χ2v) is 8.78. The Bertz CT molecular complexity index is 1100. The molecule has 0 radical (unpaired) electrons. The minimum Gasteiger partial charge on any atom is -0.497 e. The second-order valence-electron chi connectivity index (χ2n) is 7.81. The average molecular weight is 432 g/mol. The van der Waals surface area contributed by atoms with E-state index in [-0.39, 0.29) is 5.91 Å². The molecule has 1 aliphatic heterocycles. The summed E-state index contributed by atoms with van der Waals surface area (Å²) in [4.78, 5) is 19.3. The predicted molar refractivity (Wildman–Crippen MR) is 123 cm³/mol. The van der Waals surface area contributed by atoms with E-state index < -0.39 is 0 Å². The van der Waals surface area contributed by atoms with E-state index in [1.807, 2.05) is 35.2 Å². The lowest BCUT2D eigenvalue weighted by Gasteiger charge is -2.32. The summed E-state index contributed by atoms with van der Waals surface area (Å²) in [6.07, 6.45) is 3.14. The molecule has 2 aromatic carbocycles. The number of fused-ring (bicyclic) bond motifs is 1. The van der Waals surface area contributed by atoms with Gasteiger partial charge in [0.15, 0.2) is 0 Å². The van der Waals surface area contributed by atoms with Crippen molar-refractivity contribution in [3.05, 3.63) is 65.7 Å². The molecule has 1 amide bonds. The van der Waals surface area contributed by atoms with Crippen molar-refractivity contribution in [1.82, 2.24) is 9.88 Å². The van der Waals surface area contributed by atoms with Gasteiger partial charge in [-0.3, -0.25) is 4.79 Å². The van der Waals surface area contributed by atoms with Crippen molar-refractivity contribution in [1.29, 1.82) is 5.26 Å². The number of nitriles is 1. The van der Waals surface area contributed by atoms with E-state index in [2.05, 4.69) is 35.3 Å². The SMILES string of the molecule is COc1ccc2nc(SCC(=O)N3CCC(Cc4ccccc4)CC3)c(C#N)cc2c1. The predicted octanol–water partition coefficient (Wildman–Crippen LogP) is 4.69. The van der Waals surface area contributed by atoms with Gasteiger partial charge in [0, 0.05) is 18.5 Å². The minimum atomic E-state index is 0.115. The summed E-state index contributed by atoms with van der Waals surface area (Å²) in [6, 6.07) is 20.2. The van der Waals surface area contributed by atoms with Crippen molar-refractivity contribution in [3.63, 3.8) is 0 Å². The Morgan fingerprint density at radius 1 is 1.19 bits per heavy atom. The van der Waals surface area contributed by atoms with Crippen molar-refractivity contribution < 1.29 is 9.53 Å². The average Bonchev–Trinajstić information content (AvgIpc) is 2.82. The number of rotatable bonds is 6. The lowest BCUT2D eigenvalue weighted by Crippen LogP contribution is -2.39. The lowest BCUT2D eigenvalue weighted by molar-refractivity contribution is -0.129. The Kier molecular flexibility index (Phi) is 6.73. The van der Waals surface area contributed by atoms with Crippen molar-refractivity contribution in [2.24, 2.45) is 5.92 Å². The number of carbonyl (C=O) groups excluding carboxylic acids is 1. The Morgan fingerprint density at radius 3 is 2.68 bits per heavy atom. The molecule has 1 fully saturated rings. The van der Waals surface area contributed by atoms with Gasteiger partial charge < -0.3 is 9.64 Å². The summed E-state index contributed by atoms with van der Waals surface area (Å²) in [5.74, 6) is 1.77. The minimum absolute atomic E-state index is 0.115. The van der Waals surface area contributed by atoms with E-state index in [9.17, 15) is 10.1 Å². The number of pyridine rings is 1. The topological polar surface area (TPSA) is 66.2 Å². The van der Waals surface area contributed by atoms with E-state index in [4.69, 9.17) is 4.74 Å². The van der Waals surface area contributed by atoms with Gasteiger partial charge in [-0.15, -0.1) is 0 Å². The summed E-state index contributed by atoms with van der Waals surface area (Å²) >= 11 is 1.35. The van der Waals surface area contributed by atoms with E-state index in [0.29, 0.717) is 22.3 Å². The molecule has 1 aliphatic rings. The van der Waals surface area contributed by atoms with Crippen LogP contribution in [0.15, 0.2) is 59.6 Å². The van der Waals surface area contributed by atoms with Gasteiger partial charge in [0.1, 0.15) is 16.8 Å². The molecule has 0 spiro atoms. The summed E-state index contributed by atoms with van der Waals surface area (Å²) in [5.41, 5.74) is 2.64. The number of hydrogen-bond acceptors (Lipinski definition) is 5. The highest BCUT2D eigenvalue weighted by molar-refractivity contribution is 8.00. The third-order valence-electron chi connectivity index (χ3n) is 5.77. The molecule has 0 unspecified atom stereocenters. The Morgan fingerprint density at radius 2 is 1.97 bits per heavy atom. The smallest absolute Gasteiger partial charge is 0.232 e. The van der Waals surface area contributed by atoms with Crippen LogP contribution >= 0.6 is 11.8 Å². The normalized spacial score (nSPS) is 14.4. The Labute approximate surface area is 187 Å². The first-order valence-corrected chi connectivity index (χ1v) is 11.5. The van der Waals surface area contributed by atoms with Gasteiger partial charge in [-0.2, -0.15) is 5.26 Å². The van der Waals surface area contributed by atoms with Gasteiger partial charge in [-0.1, -0.05) is 42.1 Å². The zero-order valence-electron chi connectivity index (χ0n) is 17.6. The molecule has 3 aromatic rings. The maximum atomic E-state index is 12.8. The zero-order valence-corrected chi connectivity index (χ0v) is 18.4. The molecular formula is C25H25N3O2S. The lowest BCUT2D eigenvalue weighted by atomic mass is 9.90. The number of benzene rings is 2. The molecule has 0 saturated carbocycles. The van der Waals surface area contributed by atoms with Crippen molar-refractivity contribution in [3.8, 4) is 11.8 Å². The third-order valence-corrected chi connectivity index (χ3v) is 6.75. The molecule has 0 atom stereocenters. The van der Waals surface area contributed by atoms with Gasteiger partial charge in [-0.05, 0) is 55.0 Å². The number of piperidine rings is 1. The quantitative estimate of drug-likeness (QED) is 0.530. The molecule has 1 saturated heterocycles. The van der Waals surface area contributed by atoms with E-state index in [1.165, 1.54) is 17.3 Å². The van der Waals surface area contributed by atoms with Crippen LogP contribution in [-0.4, -0.2) is 41.7 Å². The first kappa shape index (κ1) is 21.2. The zero-order chi connectivity index (χ0) is 21.6. The summed E-state index contributed by atoms with van der Waals surface area (Å²) in [7, 11) is 1.61. The monoisotopic (exact) mass is 431 g/mol. The van der Waals surface area contributed by atoms with E-state index >= 15 is 0 Å². The van der Waals surface area contributed by atoms with Crippen LogP contribution < -0.4 is 4.74 Å². The summed E-state index contributed by atoms with van der Waals surface area (Å²) in [5, 5.41) is 11.0. The number of ether oxygens (including phenoxy) is 1. The third kappa shape index (κ3) is 5.18. The fourth-order valence-electron chi connectivity index (χ4n) is 4.01. The van der Waals surface area contributed by atoms with Crippen molar-refractivity contribution in [2.75, 3.05) is 26.0 Å². The fraction of sp³-hybridized carbons (Fsp3) is 0.320. The van der Waals surface area contributed by atoms with Crippen LogP contribution in [0.3, 0.4) is 0 Å². The number of carbonyl (C=O) groups is 1. The van der Waals surface area contributed by atoms with Gasteiger partial charge >= 0.3 is 0 Å². The van der Waals surface area contributed by atoms with E-state index in [0.717, 1.165) is 49.0 Å². The summed E-state index contributed by atoms with van der Waals surface area (Å²) in [6.45, 7) is 1.60. The fourth-order valence-corrected chi connectivity index (χ4v) is 4.88. The molecule has 0 bridgehead atoms. The van der Waals surface area contributed by atoms with Crippen molar-refractivity contribution in [2.45, 2.75) is 24.3 Å². The largest absolute Gasteiger partial charge is 0.497 e. The Hall–Kier alpha value is -3.04. The molecule has 6 heteroatoms. The van der Waals surface area contributed by atoms with E-state index in [1.54, 1.807) is 7.11 Å². The highest BCUT2D eigenvalue weighted by atomic mass is 32.2. The number of thioether (sulfide) groups is 1. The van der Waals surface area contributed by atoms with Crippen LogP contribution in [0.4, 0.5) is 0 Å². The molecule has 1 aromatic heterocycles. The number of nitrogens with zero attached hydrogens (tertiary/aromatic N) is 3. The van der Waals surface area contributed by atoms with Gasteiger partial charge in [0.2, 0.25) is 5.91 Å². The van der Waals surface area contributed by atoms with Gasteiger partial charge in [0.05, 0.1) is 23.9 Å². The highest BCUT2D eigenvalue weighted by Gasteiger charge is 2.23. The maximum absolute atomic E-state index is 12.8. The number of hydrogen-bond donors (Lipinski definition) is 0.